The number of carbonyl (C=O) groups excluding carboxylic acids is 1. The van der Waals surface area contributed by atoms with Gasteiger partial charge in [-0.1, -0.05) is 34.1 Å². The summed E-state index contributed by atoms with van der Waals surface area (Å²) in [6, 6.07) is 0. The fourth-order valence-corrected chi connectivity index (χ4v) is 9.66. The molecule has 4 aliphatic carbocycles. The van der Waals surface area contributed by atoms with Crippen molar-refractivity contribution >= 4 is 5.97 Å². The van der Waals surface area contributed by atoms with Gasteiger partial charge in [-0.25, -0.2) is 0 Å². The summed E-state index contributed by atoms with van der Waals surface area (Å²) in [7, 11) is 0. The van der Waals surface area contributed by atoms with Crippen molar-refractivity contribution in [1.82, 2.24) is 0 Å². The molecule has 0 heterocycles. The molecule has 0 radical (unpaired) electrons. The van der Waals surface area contributed by atoms with Gasteiger partial charge in [-0.05, 0) is 104 Å². The number of ether oxygens (including phenoxy) is 1. The Morgan fingerprint density at radius 1 is 1.06 bits per heavy atom. The Bertz CT molecular complexity index is 664. The van der Waals surface area contributed by atoms with Gasteiger partial charge in [0.25, 0.3) is 0 Å². The Balaban J connectivity index is 1.62. The summed E-state index contributed by atoms with van der Waals surface area (Å²) < 4.78 is 5.66. The van der Waals surface area contributed by atoms with Crippen molar-refractivity contribution in [2.45, 2.75) is 105 Å². The topological polar surface area (TPSA) is 66.8 Å². The van der Waals surface area contributed by atoms with Crippen LogP contribution in [0.1, 0.15) is 92.4 Å². The fraction of sp³-hybridized carbons (Fsp3) is 0.963. The molecule has 0 unspecified atom stereocenters. The molecule has 178 valence electrons. The molecule has 4 aliphatic rings. The van der Waals surface area contributed by atoms with Gasteiger partial charge in [-0.2, -0.15) is 0 Å². The van der Waals surface area contributed by atoms with Crippen LogP contribution in [-0.2, 0) is 9.53 Å². The monoisotopic (exact) mass is 434 g/mol. The maximum Gasteiger partial charge on any atom is 0.302 e. The van der Waals surface area contributed by atoms with Gasteiger partial charge in [0.15, 0.2) is 0 Å². The van der Waals surface area contributed by atoms with Crippen LogP contribution in [0.25, 0.3) is 0 Å². The molecule has 0 aromatic heterocycles. The first-order chi connectivity index (χ1) is 14.7. The van der Waals surface area contributed by atoms with E-state index >= 15 is 0 Å². The molecule has 4 fully saturated rings. The maximum absolute atomic E-state index is 11.8. The lowest BCUT2D eigenvalue weighted by molar-refractivity contribution is -0.207. The number of rotatable bonds is 5. The highest BCUT2D eigenvalue weighted by molar-refractivity contribution is 5.66. The Kier molecular flexibility index (Phi) is 6.55. The molecule has 31 heavy (non-hydrogen) atoms. The largest absolute Gasteiger partial charge is 0.463 e. The van der Waals surface area contributed by atoms with Crippen molar-refractivity contribution in [1.29, 1.82) is 0 Å². The number of aliphatic hydroxyl groups is 2. The molecule has 2 N–H and O–H groups in total. The average Bonchev–Trinajstić information content (AvgIpc) is 3.06. The van der Waals surface area contributed by atoms with E-state index in [9.17, 15) is 15.0 Å². The lowest BCUT2D eigenvalue weighted by Gasteiger charge is -2.64. The van der Waals surface area contributed by atoms with E-state index in [1.165, 1.54) is 32.6 Å². The Morgan fingerprint density at radius 2 is 1.74 bits per heavy atom. The normalized spacial score (nSPS) is 50.2. The smallest absolute Gasteiger partial charge is 0.302 e. The summed E-state index contributed by atoms with van der Waals surface area (Å²) in [6.07, 6.45) is 9.69. The van der Waals surface area contributed by atoms with Crippen molar-refractivity contribution in [2.24, 2.45) is 52.3 Å². The van der Waals surface area contributed by atoms with E-state index in [2.05, 4.69) is 27.7 Å². The third kappa shape index (κ3) is 3.68. The molecule has 0 aromatic rings. The van der Waals surface area contributed by atoms with Gasteiger partial charge < -0.3 is 14.9 Å². The molecule has 0 aliphatic heterocycles. The first-order valence-electron chi connectivity index (χ1n) is 13.1. The maximum atomic E-state index is 11.8. The first-order valence-corrected chi connectivity index (χ1v) is 13.1. The van der Waals surface area contributed by atoms with Crippen molar-refractivity contribution in [3.8, 4) is 0 Å². The second-order valence-electron chi connectivity index (χ2n) is 12.2. The van der Waals surface area contributed by atoms with E-state index in [1.807, 2.05) is 0 Å². The molecular formula is C27H46O4. The summed E-state index contributed by atoms with van der Waals surface area (Å²) in [6.45, 7) is 11.4. The molecule has 0 bridgehead atoms. The molecule has 11 atom stereocenters. The van der Waals surface area contributed by atoms with Crippen LogP contribution in [0.4, 0.5) is 0 Å². The minimum Gasteiger partial charge on any atom is -0.463 e. The lowest BCUT2D eigenvalue weighted by atomic mass is 9.41. The molecule has 4 nitrogen and oxygen atoms in total. The zero-order valence-corrected chi connectivity index (χ0v) is 20.5. The lowest BCUT2D eigenvalue weighted by Crippen LogP contribution is -2.62. The minimum absolute atomic E-state index is 0.0254. The van der Waals surface area contributed by atoms with Gasteiger partial charge in [-0.15, -0.1) is 0 Å². The summed E-state index contributed by atoms with van der Waals surface area (Å²) in [5.41, 5.74) is 0.546. The second-order valence-corrected chi connectivity index (χ2v) is 12.2. The van der Waals surface area contributed by atoms with Gasteiger partial charge in [0.05, 0.1) is 6.10 Å². The summed E-state index contributed by atoms with van der Waals surface area (Å²) >= 11 is 0. The highest BCUT2D eigenvalue weighted by Crippen LogP contribution is 2.69. The molecule has 0 aromatic carbocycles. The first kappa shape index (κ1) is 23.5. The zero-order chi connectivity index (χ0) is 22.6. The van der Waals surface area contributed by atoms with Crippen molar-refractivity contribution in [3.05, 3.63) is 0 Å². The summed E-state index contributed by atoms with van der Waals surface area (Å²) in [5, 5.41) is 21.4. The van der Waals surface area contributed by atoms with Crippen LogP contribution >= 0.6 is 0 Å². The van der Waals surface area contributed by atoms with Crippen LogP contribution in [0.5, 0.6) is 0 Å². The molecule has 4 saturated carbocycles. The predicted molar refractivity (Wildman–Crippen MR) is 122 cm³/mol. The van der Waals surface area contributed by atoms with Crippen molar-refractivity contribution in [3.63, 3.8) is 0 Å². The van der Waals surface area contributed by atoms with Gasteiger partial charge in [0, 0.05) is 13.5 Å². The average molecular weight is 435 g/mol. The summed E-state index contributed by atoms with van der Waals surface area (Å²) in [5.74, 6) is 3.40. The highest BCUT2D eigenvalue weighted by Gasteiger charge is 2.65. The molecule has 4 heteroatoms. The van der Waals surface area contributed by atoms with E-state index in [1.54, 1.807) is 0 Å². The van der Waals surface area contributed by atoms with E-state index in [-0.39, 0.29) is 30.2 Å². The third-order valence-corrected chi connectivity index (χ3v) is 11.0. The SMILES string of the molecule is CC[C@H]1[C@@H](O)[C@@H]2[C@H](CC[C@]3(C)[C@@H]([C@H](C)CCO)CC[C@@H]23)[C@@]2(C)CC[C@@H](OC(C)=O)C[C@@H]12. The molecular weight excluding hydrogens is 388 g/mol. The van der Waals surface area contributed by atoms with Gasteiger partial charge >= 0.3 is 5.97 Å². The number of hydrogen-bond donors (Lipinski definition) is 2. The Morgan fingerprint density at radius 3 is 2.39 bits per heavy atom. The van der Waals surface area contributed by atoms with Crippen LogP contribution in [-0.4, -0.2) is 35.0 Å². The molecule has 4 rings (SSSR count). The second kappa shape index (κ2) is 8.63. The highest BCUT2D eigenvalue weighted by atomic mass is 16.5. The van der Waals surface area contributed by atoms with Crippen LogP contribution in [0.15, 0.2) is 0 Å². The minimum atomic E-state index is -0.235. The van der Waals surface area contributed by atoms with E-state index in [4.69, 9.17) is 4.74 Å². The molecule has 0 amide bonds. The van der Waals surface area contributed by atoms with Crippen LogP contribution in [0.3, 0.4) is 0 Å². The van der Waals surface area contributed by atoms with E-state index < -0.39 is 0 Å². The number of carbonyl (C=O) groups is 1. The summed E-state index contributed by atoms with van der Waals surface area (Å²) in [4.78, 5) is 11.6. The van der Waals surface area contributed by atoms with Crippen molar-refractivity contribution in [2.75, 3.05) is 6.61 Å². The number of hydrogen-bond acceptors (Lipinski definition) is 4. The van der Waals surface area contributed by atoms with Crippen molar-refractivity contribution < 1.29 is 19.7 Å². The molecule has 0 spiro atoms. The van der Waals surface area contributed by atoms with Gasteiger partial charge in [0.2, 0.25) is 0 Å². The quantitative estimate of drug-likeness (QED) is 0.584. The van der Waals surface area contributed by atoms with Crippen LogP contribution in [0.2, 0.25) is 0 Å². The standard InChI is InChI=1S/C27H46O4/c1-6-19-23-15-18(31-17(3)29)9-12-27(23,5)22-10-13-26(4)20(16(2)11-14-28)7-8-21(26)24(22)25(19)30/h16,18-25,28,30H,6-15H2,1-5H3/t16-,18-,19-,20-,21+,22+,23+,24+,25-,26-,27-/m1/s1. The van der Waals surface area contributed by atoms with Gasteiger partial charge in [-0.3, -0.25) is 4.79 Å². The zero-order valence-electron chi connectivity index (χ0n) is 20.5. The Labute approximate surface area is 189 Å². The van der Waals surface area contributed by atoms with E-state index in [0.29, 0.717) is 46.8 Å². The third-order valence-electron chi connectivity index (χ3n) is 11.0. The number of aliphatic hydroxyl groups excluding tert-OH is 2. The van der Waals surface area contributed by atoms with E-state index in [0.717, 1.165) is 32.1 Å². The number of fused-ring (bicyclic) bond motifs is 5. The van der Waals surface area contributed by atoms with Crippen LogP contribution in [0, 0.1) is 52.3 Å². The van der Waals surface area contributed by atoms with Crippen LogP contribution < -0.4 is 0 Å². The molecule has 0 saturated heterocycles. The fourth-order valence-electron chi connectivity index (χ4n) is 9.66. The van der Waals surface area contributed by atoms with Gasteiger partial charge in [0.1, 0.15) is 6.10 Å². The number of esters is 1. The Hall–Kier alpha value is -0.610. The predicted octanol–water partition coefficient (Wildman–Crippen LogP) is 5.20.